The summed E-state index contributed by atoms with van der Waals surface area (Å²) in [5.74, 6) is 0.193. The lowest BCUT2D eigenvalue weighted by atomic mass is 10.0. The van der Waals surface area contributed by atoms with E-state index in [0.29, 0.717) is 24.1 Å². The molecule has 136 valence electrons. The number of nitrogens with zero attached hydrogens (tertiary/aromatic N) is 1. The molecule has 1 atom stereocenters. The van der Waals surface area contributed by atoms with E-state index < -0.39 is 0 Å². The molecule has 3 rings (SSSR count). The Morgan fingerprint density at radius 1 is 1.23 bits per heavy atom. The minimum Gasteiger partial charge on any atom is -0.507 e. The molecule has 0 radical (unpaired) electrons. The van der Waals surface area contributed by atoms with E-state index in [0.717, 1.165) is 23.7 Å². The van der Waals surface area contributed by atoms with E-state index in [1.165, 1.54) is 6.07 Å². The summed E-state index contributed by atoms with van der Waals surface area (Å²) in [4.78, 5) is 26.0. The van der Waals surface area contributed by atoms with Crippen molar-refractivity contribution >= 4 is 28.1 Å². The van der Waals surface area contributed by atoms with E-state index in [4.69, 9.17) is 4.74 Å². The summed E-state index contributed by atoms with van der Waals surface area (Å²) < 4.78 is 6.57. The smallest absolute Gasteiger partial charge is 0.255 e. The van der Waals surface area contributed by atoms with E-state index in [1.54, 1.807) is 18.2 Å². The summed E-state index contributed by atoms with van der Waals surface area (Å²) in [6.45, 7) is 0.954. The number of aromatic hydroxyl groups is 1. The third kappa shape index (κ3) is 3.90. The molecule has 5 nitrogen and oxygen atoms in total. The first-order chi connectivity index (χ1) is 12.6. The van der Waals surface area contributed by atoms with E-state index in [-0.39, 0.29) is 29.9 Å². The van der Waals surface area contributed by atoms with Crippen molar-refractivity contribution < 1.29 is 19.4 Å². The molecule has 26 heavy (non-hydrogen) atoms. The zero-order chi connectivity index (χ0) is 18.5. The Morgan fingerprint density at radius 2 is 2.04 bits per heavy atom. The maximum Gasteiger partial charge on any atom is 0.255 e. The van der Waals surface area contributed by atoms with Crippen molar-refractivity contribution in [3.05, 3.63) is 58.1 Å². The van der Waals surface area contributed by atoms with Gasteiger partial charge >= 0.3 is 0 Å². The number of carbonyl (C=O) groups excluding carboxylic acids is 2. The Balaban J connectivity index is 1.76. The van der Waals surface area contributed by atoms with E-state index in [2.05, 4.69) is 15.9 Å². The van der Waals surface area contributed by atoms with Crippen molar-refractivity contribution in [2.24, 2.45) is 0 Å². The molecule has 1 unspecified atom stereocenters. The van der Waals surface area contributed by atoms with Gasteiger partial charge in [0.25, 0.3) is 5.91 Å². The number of carbonyl (C=O) groups is 2. The number of benzene rings is 2. The van der Waals surface area contributed by atoms with Crippen molar-refractivity contribution in [3.63, 3.8) is 0 Å². The molecule has 1 aliphatic heterocycles. The second-order valence-electron chi connectivity index (χ2n) is 6.25. The normalized spacial score (nSPS) is 17.0. The summed E-state index contributed by atoms with van der Waals surface area (Å²) in [6, 6.07) is 12.0. The molecule has 2 aromatic rings. The first kappa shape index (κ1) is 18.5. The van der Waals surface area contributed by atoms with Gasteiger partial charge in [0.1, 0.15) is 18.1 Å². The van der Waals surface area contributed by atoms with Gasteiger partial charge in [-0.2, -0.15) is 0 Å². The summed E-state index contributed by atoms with van der Waals surface area (Å²) >= 11 is 3.44. The Morgan fingerprint density at radius 3 is 2.81 bits per heavy atom. The Labute approximate surface area is 160 Å². The fourth-order valence-corrected chi connectivity index (χ4v) is 3.65. The first-order valence-electron chi connectivity index (χ1n) is 8.57. The van der Waals surface area contributed by atoms with Gasteiger partial charge < -0.3 is 14.7 Å². The monoisotopic (exact) mass is 417 g/mol. The summed E-state index contributed by atoms with van der Waals surface area (Å²) in [7, 11) is 0. The van der Waals surface area contributed by atoms with E-state index >= 15 is 0 Å². The molecule has 0 aliphatic carbocycles. The lowest BCUT2D eigenvalue weighted by molar-refractivity contribution is 0.0526. The predicted molar refractivity (Wildman–Crippen MR) is 102 cm³/mol. The number of likely N-dealkylation sites (tertiary alicyclic amines) is 1. The highest BCUT2D eigenvalue weighted by Gasteiger charge is 2.29. The number of ether oxygens (including phenoxy) is 1. The van der Waals surface area contributed by atoms with Gasteiger partial charge in [-0.1, -0.05) is 18.2 Å². The SMILES string of the molecule is O=Cc1c(O)cccc1OCC1CCCCN1C(=O)c1ccccc1Br. The molecule has 0 bridgehead atoms. The van der Waals surface area contributed by atoms with Crippen LogP contribution in [-0.4, -0.2) is 41.4 Å². The van der Waals surface area contributed by atoms with Crippen LogP contribution in [0.1, 0.15) is 40.0 Å². The van der Waals surface area contributed by atoms with Crippen LogP contribution < -0.4 is 4.74 Å². The number of rotatable bonds is 5. The first-order valence-corrected chi connectivity index (χ1v) is 9.36. The number of aldehydes is 1. The average molecular weight is 418 g/mol. The number of halogens is 1. The molecule has 0 spiro atoms. The summed E-state index contributed by atoms with van der Waals surface area (Å²) in [5.41, 5.74) is 0.761. The molecule has 1 N–H and O–H groups in total. The largest absolute Gasteiger partial charge is 0.507 e. The van der Waals surface area contributed by atoms with Crippen LogP contribution in [0.3, 0.4) is 0 Å². The number of amides is 1. The highest BCUT2D eigenvalue weighted by Crippen LogP contribution is 2.28. The predicted octanol–water partition coefficient (Wildman–Crippen LogP) is 4.04. The lowest BCUT2D eigenvalue weighted by Crippen LogP contribution is -2.46. The molecule has 1 amide bonds. The minimum absolute atomic E-state index is 0.0303. The number of phenolic OH excluding ortho intramolecular Hbond substituents is 1. The summed E-state index contributed by atoms with van der Waals surface area (Å²) in [6.07, 6.45) is 3.40. The van der Waals surface area contributed by atoms with Crippen molar-refractivity contribution in [3.8, 4) is 11.5 Å². The molecular formula is C20H20BrNO4. The third-order valence-corrected chi connectivity index (χ3v) is 5.28. The highest BCUT2D eigenvalue weighted by molar-refractivity contribution is 9.10. The van der Waals surface area contributed by atoms with Crippen LogP contribution in [0, 0.1) is 0 Å². The molecule has 0 saturated carbocycles. The molecule has 0 aromatic heterocycles. The van der Waals surface area contributed by atoms with E-state index in [1.807, 2.05) is 23.1 Å². The topological polar surface area (TPSA) is 66.8 Å². The standard InChI is InChI=1S/C20H20BrNO4/c21-17-8-2-1-7-15(17)20(25)22-11-4-3-6-14(22)13-26-19-10-5-9-18(24)16(19)12-23/h1-2,5,7-10,12,14,24H,3-4,6,11,13H2. The molecule has 1 fully saturated rings. The minimum atomic E-state index is -0.109. The van der Waals surface area contributed by atoms with Crippen molar-refractivity contribution in [2.45, 2.75) is 25.3 Å². The van der Waals surface area contributed by atoms with Crippen LogP contribution in [-0.2, 0) is 0 Å². The van der Waals surface area contributed by atoms with Gasteiger partial charge in [0.2, 0.25) is 0 Å². The van der Waals surface area contributed by atoms with Gasteiger partial charge in [0.15, 0.2) is 6.29 Å². The van der Waals surface area contributed by atoms with E-state index in [9.17, 15) is 14.7 Å². The number of phenols is 1. The van der Waals surface area contributed by atoms with Gasteiger partial charge in [-0.25, -0.2) is 0 Å². The van der Waals surface area contributed by atoms with Gasteiger partial charge in [-0.05, 0) is 59.5 Å². The van der Waals surface area contributed by atoms with Gasteiger partial charge in [-0.15, -0.1) is 0 Å². The number of hydrogen-bond acceptors (Lipinski definition) is 4. The van der Waals surface area contributed by atoms with Crippen LogP contribution in [0.25, 0.3) is 0 Å². The zero-order valence-corrected chi connectivity index (χ0v) is 15.8. The highest BCUT2D eigenvalue weighted by atomic mass is 79.9. The van der Waals surface area contributed by atoms with Crippen LogP contribution in [0.2, 0.25) is 0 Å². The van der Waals surface area contributed by atoms with Crippen molar-refractivity contribution in [1.29, 1.82) is 0 Å². The van der Waals surface area contributed by atoms with Gasteiger partial charge in [0, 0.05) is 11.0 Å². The second kappa shape index (κ2) is 8.36. The Kier molecular flexibility index (Phi) is 5.93. The molecular weight excluding hydrogens is 398 g/mol. The van der Waals surface area contributed by atoms with Gasteiger partial charge in [-0.3, -0.25) is 9.59 Å². The molecule has 2 aromatic carbocycles. The third-order valence-electron chi connectivity index (χ3n) is 4.58. The van der Waals surface area contributed by atoms with Crippen molar-refractivity contribution in [1.82, 2.24) is 4.90 Å². The van der Waals surface area contributed by atoms with Crippen LogP contribution in [0.4, 0.5) is 0 Å². The van der Waals surface area contributed by atoms with Crippen LogP contribution in [0.15, 0.2) is 46.9 Å². The maximum atomic E-state index is 13.0. The molecule has 6 heteroatoms. The molecule has 1 saturated heterocycles. The Hall–Kier alpha value is -2.34. The van der Waals surface area contributed by atoms with Crippen molar-refractivity contribution in [2.75, 3.05) is 13.2 Å². The van der Waals surface area contributed by atoms with Crippen LogP contribution in [0.5, 0.6) is 11.5 Å². The maximum absolute atomic E-state index is 13.0. The zero-order valence-electron chi connectivity index (χ0n) is 14.2. The fourth-order valence-electron chi connectivity index (χ4n) is 3.19. The fraction of sp³-hybridized carbons (Fsp3) is 0.300. The van der Waals surface area contributed by atoms with Gasteiger partial charge in [0.05, 0.1) is 17.2 Å². The quantitative estimate of drug-likeness (QED) is 0.745. The lowest BCUT2D eigenvalue weighted by Gasteiger charge is -2.36. The van der Waals surface area contributed by atoms with Crippen LogP contribution >= 0.6 is 15.9 Å². The summed E-state index contributed by atoms with van der Waals surface area (Å²) in [5, 5.41) is 9.77. The number of piperidine rings is 1. The Bertz CT molecular complexity index is 808. The number of hydrogen-bond donors (Lipinski definition) is 1. The average Bonchev–Trinajstić information content (AvgIpc) is 2.66. The molecule has 1 aliphatic rings. The second-order valence-corrected chi connectivity index (χ2v) is 7.10. The molecule has 1 heterocycles.